The summed E-state index contributed by atoms with van der Waals surface area (Å²) in [6, 6.07) is 7.04. The Kier molecular flexibility index (Phi) is 4.83. The van der Waals surface area contributed by atoms with Crippen molar-refractivity contribution in [1.29, 1.82) is 0 Å². The van der Waals surface area contributed by atoms with Crippen LogP contribution in [-0.2, 0) is 11.3 Å². The second kappa shape index (κ2) is 7.42. The predicted molar refractivity (Wildman–Crippen MR) is 102 cm³/mol. The topological polar surface area (TPSA) is 89.2 Å². The van der Waals surface area contributed by atoms with Gasteiger partial charge in [0, 0.05) is 10.9 Å². The molecule has 0 bridgehead atoms. The fourth-order valence-corrected chi connectivity index (χ4v) is 3.82. The summed E-state index contributed by atoms with van der Waals surface area (Å²) in [7, 11) is 0. The second-order valence-corrected chi connectivity index (χ2v) is 7.74. The molecule has 1 unspecified atom stereocenters. The van der Waals surface area contributed by atoms with Gasteiger partial charge in [0.25, 0.3) is 5.91 Å². The number of hydrogen-bond acceptors (Lipinski definition) is 6. The zero-order valence-corrected chi connectivity index (χ0v) is 15.6. The highest BCUT2D eigenvalue weighted by molar-refractivity contribution is 7.16. The Morgan fingerprint density at radius 2 is 2.33 bits per heavy atom. The van der Waals surface area contributed by atoms with Crippen molar-refractivity contribution in [1.82, 2.24) is 15.1 Å². The number of anilines is 1. The number of rotatable bonds is 5. The van der Waals surface area contributed by atoms with Gasteiger partial charge in [-0.05, 0) is 30.8 Å². The molecule has 1 atom stereocenters. The molecule has 0 saturated heterocycles. The summed E-state index contributed by atoms with van der Waals surface area (Å²) in [4.78, 5) is 26.0. The minimum Gasteiger partial charge on any atom is -0.472 e. The number of nitrogens with one attached hydrogen (secondary N) is 2. The predicted octanol–water partition coefficient (Wildman–Crippen LogP) is 3.61. The van der Waals surface area contributed by atoms with Gasteiger partial charge < -0.3 is 15.1 Å². The van der Waals surface area contributed by atoms with Gasteiger partial charge in [-0.2, -0.15) is 9.78 Å². The van der Waals surface area contributed by atoms with Gasteiger partial charge in [0.05, 0.1) is 34.3 Å². The minimum atomic E-state index is -0.440. The van der Waals surface area contributed by atoms with E-state index in [1.165, 1.54) is 28.5 Å². The van der Waals surface area contributed by atoms with Crippen LogP contribution in [0.2, 0.25) is 4.34 Å². The van der Waals surface area contributed by atoms with Crippen LogP contribution < -0.4 is 10.6 Å². The third-order valence-corrected chi connectivity index (χ3v) is 5.38. The number of halogens is 1. The summed E-state index contributed by atoms with van der Waals surface area (Å²) < 4.78 is 6.96. The van der Waals surface area contributed by atoms with Gasteiger partial charge in [-0.3, -0.25) is 9.59 Å². The molecule has 1 aliphatic heterocycles. The first-order valence-electron chi connectivity index (χ1n) is 8.22. The molecular formula is C18H15ClN4O3S. The number of carbonyl (C=O) groups excluding carboxylic acids is 2. The molecule has 2 N–H and O–H groups in total. The fraction of sp³-hybridized carbons (Fsp3) is 0.167. The van der Waals surface area contributed by atoms with E-state index in [1.54, 1.807) is 18.3 Å². The summed E-state index contributed by atoms with van der Waals surface area (Å²) in [5.74, 6) is -0.420. The van der Waals surface area contributed by atoms with Crippen molar-refractivity contribution in [3.63, 3.8) is 0 Å². The normalized spacial score (nSPS) is 16.3. The summed E-state index contributed by atoms with van der Waals surface area (Å²) in [6.07, 6.45) is 6.80. The lowest BCUT2D eigenvalue weighted by Gasteiger charge is -2.14. The number of aromatic nitrogens is 2. The number of amides is 1. The van der Waals surface area contributed by atoms with Crippen molar-refractivity contribution in [2.45, 2.75) is 18.9 Å². The van der Waals surface area contributed by atoms with Crippen LogP contribution in [0.5, 0.6) is 0 Å². The van der Waals surface area contributed by atoms with Crippen LogP contribution in [0.4, 0.5) is 5.82 Å². The quantitative estimate of drug-likeness (QED) is 0.680. The van der Waals surface area contributed by atoms with Crippen molar-refractivity contribution < 1.29 is 14.0 Å². The monoisotopic (exact) mass is 402 g/mol. The van der Waals surface area contributed by atoms with Gasteiger partial charge in [-0.25, -0.2) is 0 Å². The van der Waals surface area contributed by atoms with Gasteiger partial charge in [0.15, 0.2) is 0 Å². The highest BCUT2D eigenvalue weighted by Gasteiger charge is 2.27. The highest BCUT2D eigenvalue weighted by Crippen LogP contribution is 2.27. The molecule has 3 aromatic heterocycles. The summed E-state index contributed by atoms with van der Waals surface area (Å²) in [5, 5.41) is 10.3. The van der Waals surface area contributed by atoms with E-state index in [9.17, 15) is 9.59 Å². The number of nitrogens with zero attached hydrogens (tertiary/aromatic N) is 2. The van der Waals surface area contributed by atoms with Crippen LogP contribution in [0, 0.1) is 0 Å². The third-order valence-electron chi connectivity index (χ3n) is 4.15. The zero-order chi connectivity index (χ0) is 18.8. The molecule has 3 aromatic rings. The van der Waals surface area contributed by atoms with E-state index in [-0.39, 0.29) is 11.8 Å². The zero-order valence-electron chi connectivity index (χ0n) is 14.0. The van der Waals surface area contributed by atoms with Crippen molar-refractivity contribution >= 4 is 40.6 Å². The smallest absolute Gasteiger partial charge is 0.283 e. The number of carbonyl (C=O) groups is 2. The second-order valence-electron chi connectivity index (χ2n) is 5.94. The Bertz CT molecular complexity index is 1010. The van der Waals surface area contributed by atoms with Crippen LogP contribution in [-0.4, -0.2) is 21.6 Å². The molecule has 4 rings (SSSR count). The van der Waals surface area contributed by atoms with Crippen molar-refractivity contribution in [2.24, 2.45) is 0 Å². The number of thiophene rings is 1. The first kappa shape index (κ1) is 17.6. The van der Waals surface area contributed by atoms with Crippen molar-refractivity contribution in [3.8, 4) is 0 Å². The van der Waals surface area contributed by atoms with Gasteiger partial charge in [-0.1, -0.05) is 17.7 Å². The molecule has 27 heavy (non-hydrogen) atoms. The van der Waals surface area contributed by atoms with Gasteiger partial charge >= 0.3 is 0 Å². The maximum absolute atomic E-state index is 12.8. The van der Waals surface area contributed by atoms with Crippen molar-refractivity contribution in [2.75, 3.05) is 5.32 Å². The summed E-state index contributed by atoms with van der Waals surface area (Å²) in [6.45, 7) is 0.484. The van der Waals surface area contributed by atoms with Crippen LogP contribution >= 0.6 is 22.9 Å². The van der Waals surface area contributed by atoms with Gasteiger partial charge in [0.1, 0.15) is 12.1 Å². The largest absolute Gasteiger partial charge is 0.472 e. The third kappa shape index (κ3) is 3.67. The Balaban J connectivity index is 1.65. The fourth-order valence-electron chi connectivity index (χ4n) is 2.79. The molecule has 0 spiro atoms. The van der Waals surface area contributed by atoms with Crippen LogP contribution in [0.3, 0.4) is 0 Å². The van der Waals surface area contributed by atoms with Gasteiger partial charge in [-0.15, -0.1) is 11.3 Å². The lowest BCUT2D eigenvalue weighted by molar-refractivity contribution is -0.122. The lowest BCUT2D eigenvalue weighted by Crippen LogP contribution is -2.28. The van der Waals surface area contributed by atoms with Crippen LogP contribution in [0.25, 0.3) is 0 Å². The Hall–Kier alpha value is -2.84. The van der Waals surface area contributed by atoms with Gasteiger partial charge in [0.2, 0.25) is 5.91 Å². The average molecular weight is 403 g/mol. The number of furan rings is 1. The van der Waals surface area contributed by atoms with E-state index in [2.05, 4.69) is 15.7 Å². The molecule has 4 heterocycles. The molecule has 9 heteroatoms. The van der Waals surface area contributed by atoms with Crippen LogP contribution in [0.15, 0.2) is 53.5 Å². The number of allylic oxidation sites excluding steroid dienone is 1. The number of hydrogen-bond donors (Lipinski definition) is 2. The first-order valence-corrected chi connectivity index (χ1v) is 9.41. The Morgan fingerprint density at radius 1 is 1.44 bits per heavy atom. The van der Waals surface area contributed by atoms with E-state index in [4.69, 9.17) is 16.0 Å². The minimum absolute atomic E-state index is 0.144. The molecule has 1 aliphatic rings. The molecule has 7 nitrogen and oxygen atoms in total. The molecule has 1 amide bonds. The lowest BCUT2D eigenvalue weighted by atomic mass is 9.98. The molecule has 0 aromatic carbocycles. The summed E-state index contributed by atoms with van der Waals surface area (Å²) in [5.41, 5.74) is 0.903. The van der Waals surface area contributed by atoms with E-state index in [0.717, 1.165) is 4.88 Å². The average Bonchev–Trinajstić information content (AvgIpc) is 3.41. The standard InChI is InChI=1S/C18H15ClN4O3S/c19-15-4-3-12(27-15)9-21-16-8-14(13-2-1-6-20-17(13)24)22-23(16)18(25)11-5-7-26-10-11/h1,3-8,10,13,21H,2,9H2,(H,20,24). The van der Waals surface area contributed by atoms with E-state index in [1.807, 2.05) is 18.2 Å². The Labute approximate surface area is 163 Å². The van der Waals surface area contributed by atoms with Crippen molar-refractivity contribution in [3.05, 3.63) is 69.5 Å². The van der Waals surface area contributed by atoms with E-state index in [0.29, 0.717) is 34.4 Å². The summed E-state index contributed by atoms with van der Waals surface area (Å²) >= 11 is 7.43. The van der Waals surface area contributed by atoms with E-state index >= 15 is 0 Å². The molecule has 0 saturated carbocycles. The molecule has 138 valence electrons. The van der Waals surface area contributed by atoms with E-state index < -0.39 is 5.92 Å². The maximum atomic E-state index is 12.8. The first-order chi connectivity index (χ1) is 13.1. The SMILES string of the molecule is O=C1NC=CCC1c1cc(NCc2ccc(Cl)s2)n(C(=O)c2ccoc2)n1. The maximum Gasteiger partial charge on any atom is 0.283 e. The Morgan fingerprint density at radius 3 is 3.04 bits per heavy atom. The highest BCUT2D eigenvalue weighted by atomic mass is 35.5. The van der Waals surface area contributed by atoms with Crippen LogP contribution in [0.1, 0.15) is 33.3 Å². The molecular weight excluding hydrogens is 388 g/mol. The molecule has 0 aliphatic carbocycles. The molecule has 0 fully saturated rings. The molecule has 0 radical (unpaired) electrons.